The molecule has 0 aromatic heterocycles. The van der Waals surface area contributed by atoms with Crippen LogP contribution in [-0.2, 0) is 6.61 Å². The summed E-state index contributed by atoms with van der Waals surface area (Å²) in [6.45, 7) is -0.0687. The summed E-state index contributed by atoms with van der Waals surface area (Å²) in [5, 5.41) is 18.8. The minimum atomic E-state index is -0.0687. The van der Waals surface area contributed by atoms with E-state index in [1.165, 1.54) is 0 Å². The van der Waals surface area contributed by atoms with Gasteiger partial charge in [-0.05, 0) is 24.3 Å². The molecule has 2 N–H and O–H groups in total. The second-order valence-corrected chi connectivity index (χ2v) is 4.66. The number of halogens is 1. The van der Waals surface area contributed by atoms with Gasteiger partial charge in [0.2, 0.25) is 0 Å². The van der Waals surface area contributed by atoms with Gasteiger partial charge in [-0.15, -0.1) is 0 Å². The average molecular weight is 306 g/mol. The minimum Gasteiger partial charge on any atom is -0.507 e. The molecule has 0 fully saturated rings. The first-order valence-electron chi connectivity index (χ1n) is 5.42. The molecule has 2 aromatic carbocycles. The normalized spacial score (nSPS) is 11.0. The lowest BCUT2D eigenvalue weighted by atomic mass is 10.2. The first-order valence-corrected chi connectivity index (χ1v) is 6.21. The molecule has 0 bridgehead atoms. The van der Waals surface area contributed by atoms with Gasteiger partial charge in [0.15, 0.2) is 0 Å². The number of para-hydroxylation sites is 1. The third-order valence-electron chi connectivity index (χ3n) is 2.50. The summed E-state index contributed by atoms with van der Waals surface area (Å²) in [5.41, 5.74) is 2.06. The summed E-state index contributed by atoms with van der Waals surface area (Å²) in [4.78, 5) is 4.29. The third-order valence-corrected chi connectivity index (χ3v) is 2.99. The van der Waals surface area contributed by atoms with Gasteiger partial charge in [-0.2, -0.15) is 0 Å². The fraction of sp³-hybridized carbons (Fsp3) is 0.0714. The Balaban J connectivity index is 2.34. The Labute approximate surface area is 114 Å². The monoisotopic (exact) mass is 305 g/mol. The Morgan fingerprint density at radius 2 is 1.94 bits per heavy atom. The zero-order valence-corrected chi connectivity index (χ0v) is 11.1. The van der Waals surface area contributed by atoms with Crippen molar-refractivity contribution in [1.82, 2.24) is 0 Å². The molecular formula is C14H12BrNO2. The van der Waals surface area contributed by atoms with Crippen LogP contribution < -0.4 is 0 Å². The molecule has 92 valence electrons. The van der Waals surface area contributed by atoms with Crippen molar-refractivity contribution in [3.8, 4) is 5.75 Å². The zero-order valence-electron chi connectivity index (χ0n) is 9.55. The van der Waals surface area contributed by atoms with Gasteiger partial charge < -0.3 is 10.2 Å². The quantitative estimate of drug-likeness (QED) is 0.854. The predicted molar refractivity (Wildman–Crippen MR) is 75.4 cm³/mol. The molecule has 2 rings (SSSR count). The van der Waals surface area contributed by atoms with Crippen molar-refractivity contribution in [3.63, 3.8) is 0 Å². The van der Waals surface area contributed by atoms with Gasteiger partial charge in [0.1, 0.15) is 5.75 Å². The number of aromatic hydroxyl groups is 1. The van der Waals surface area contributed by atoms with Crippen molar-refractivity contribution >= 4 is 27.8 Å². The number of rotatable bonds is 3. The van der Waals surface area contributed by atoms with E-state index in [0.29, 0.717) is 11.3 Å². The van der Waals surface area contributed by atoms with Crippen molar-refractivity contribution in [3.05, 3.63) is 58.1 Å². The van der Waals surface area contributed by atoms with Crippen molar-refractivity contribution in [2.24, 2.45) is 4.99 Å². The first-order chi connectivity index (χ1) is 8.70. The number of hydrogen-bond acceptors (Lipinski definition) is 3. The van der Waals surface area contributed by atoms with Crippen LogP contribution in [0.2, 0.25) is 0 Å². The highest BCUT2D eigenvalue weighted by Gasteiger charge is 2.01. The van der Waals surface area contributed by atoms with Crippen LogP contribution in [0.3, 0.4) is 0 Å². The van der Waals surface area contributed by atoms with E-state index in [0.717, 1.165) is 10.0 Å². The number of phenols is 1. The van der Waals surface area contributed by atoms with Crippen LogP contribution in [0.25, 0.3) is 0 Å². The molecular weight excluding hydrogens is 294 g/mol. The molecule has 0 unspecified atom stereocenters. The molecule has 0 heterocycles. The fourth-order valence-corrected chi connectivity index (χ4v) is 1.88. The molecule has 4 heteroatoms. The molecule has 0 saturated heterocycles. The van der Waals surface area contributed by atoms with Crippen LogP contribution in [0.15, 0.2) is 51.9 Å². The number of phenolic OH excluding ortho intramolecular Hbond substituents is 1. The maximum atomic E-state index is 9.62. The van der Waals surface area contributed by atoms with Gasteiger partial charge in [0, 0.05) is 21.8 Å². The smallest absolute Gasteiger partial charge is 0.124 e. The molecule has 0 aliphatic rings. The molecule has 0 spiro atoms. The van der Waals surface area contributed by atoms with Gasteiger partial charge in [0.25, 0.3) is 0 Å². The number of aliphatic hydroxyl groups excluding tert-OH is 1. The van der Waals surface area contributed by atoms with Gasteiger partial charge in [-0.1, -0.05) is 34.1 Å². The lowest BCUT2D eigenvalue weighted by Gasteiger charge is -2.03. The van der Waals surface area contributed by atoms with Gasteiger partial charge >= 0.3 is 0 Å². The molecule has 2 aromatic rings. The van der Waals surface area contributed by atoms with E-state index < -0.39 is 0 Å². The van der Waals surface area contributed by atoms with Crippen molar-refractivity contribution in [2.75, 3.05) is 0 Å². The highest BCUT2D eigenvalue weighted by atomic mass is 79.9. The zero-order chi connectivity index (χ0) is 13.0. The third kappa shape index (κ3) is 2.97. The highest BCUT2D eigenvalue weighted by molar-refractivity contribution is 9.10. The standard InChI is InChI=1S/C14H12BrNO2/c15-12-6-5-11(9-17)13(7-12)16-8-10-3-1-2-4-14(10)18/h1-8,17-18H,9H2. The topological polar surface area (TPSA) is 52.8 Å². The highest BCUT2D eigenvalue weighted by Crippen LogP contribution is 2.24. The summed E-state index contributed by atoms with van der Waals surface area (Å²) < 4.78 is 0.893. The lowest BCUT2D eigenvalue weighted by Crippen LogP contribution is -1.86. The molecule has 0 aliphatic carbocycles. The van der Waals surface area contributed by atoms with Crippen LogP contribution in [-0.4, -0.2) is 16.4 Å². The van der Waals surface area contributed by atoms with E-state index in [-0.39, 0.29) is 12.4 Å². The molecule has 18 heavy (non-hydrogen) atoms. The molecule has 0 radical (unpaired) electrons. The van der Waals surface area contributed by atoms with Crippen molar-refractivity contribution in [2.45, 2.75) is 6.61 Å². The lowest BCUT2D eigenvalue weighted by molar-refractivity contribution is 0.282. The Bertz CT molecular complexity index is 582. The summed E-state index contributed by atoms with van der Waals surface area (Å²) >= 11 is 3.36. The second-order valence-electron chi connectivity index (χ2n) is 3.75. The summed E-state index contributed by atoms with van der Waals surface area (Å²) in [6, 6.07) is 12.4. The van der Waals surface area contributed by atoms with E-state index in [9.17, 15) is 10.2 Å². The number of nitrogens with zero attached hydrogens (tertiary/aromatic N) is 1. The van der Waals surface area contributed by atoms with Crippen LogP contribution >= 0.6 is 15.9 Å². The number of benzene rings is 2. The van der Waals surface area contributed by atoms with Crippen LogP contribution in [0.1, 0.15) is 11.1 Å². The summed E-state index contributed by atoms with van der Waals surface area (Å²) in [6.07, 6.45) is 1.58. The van der Waals surface area contributed by atoms with E-state index in [1.54, 1.807) is 24.4 Å². The van der Waals surface area contributed by atoms with E-state index in [4.69, 9.17) is 0 Å². The van der Waals surface area contributed by atoms with Crippen LogP contribution in [0.4, 0.5) is 5.69 Å². The van der Waals surface area contributed by atoms with E-state index >= 15 is 0 Å². The number of aliphatic hydroxyl groups is 1. The van der Waals surface area contributed by atoms with Crippen LogP contribution in [0.5, 0.6) is 5.75 Å². The molecule has 0 aliphatic heterocycles. The minimum absolute atomic E-state index is 0.0687. The summed E-state index contributed by atoms with van der Waals surface area (Å²) in [5.74, 6) is 0.182. The van der Waals surface area contributed by atoms with Gasteiger partial charge in [0.05, 0.1) is 12.3 Å². The SMILES string of the molecule is OCc1ccc(Br)cc1N=Cc1ccccc1O. The van der Waals surface area contributed by atoms with Gasteiger partial charge in [-0.25, -0.2) is 0 Å². The molecule has 3 nitrogen and oxygen atoms in total. The summed E-state index contributed by atoms with van der Waals surface area (Å²) in [7, 11) is 0. The van der Waals surface area contributed by atoms with Crippen molar-refractivity contribution in [1.29, 1.82) is 0 Å². The molecule has 0 saturated carbocycles. The largest absolute Gasteiger partial charge is 0.507 e. The maximum absolute atomic E-state index is 9.62. The number of hydrogen-bond donors (Lipinski definition) is 2. The van der Waals surface area contributed by atoms with E-state index in [1.807, 2.05) is 24.3 Å². The maximum Gasteiger partial charge on any atom is 0.124 e. The Hall–Kier alpha value is -1.65. The molecule has 0 atom stereocenters. The van der Waals surface area contributed by atoms with Crippen LogP contribution in [0, 0.1) is 0 Å². The fourth-order valence-electron chi connectivity index (χ4n) is 1.53. The predicted octanol–water partition coefficient (Wildman–Crippen LogP) is 3.40. The average Bonchev–Trinajstić information content (AvgIpc) is 2.38. The first kappa shape index (κ1) is 12.8. The second kappa shape index (κ2) is 5.80. The Morgan fingerprint density at radius 3 is 2.67 bits per heavy atom. The molecule has 0 amide bonds. The Kier molecular flexibility index (Phi) is 4.12. The number of aliphatic imine (C=N–C) groups is 1. The van der Waals surface area contributed by atoms with E-state index in [2.05, 4.69) is 20.9 Å². The Morgan fingerprint density at radius 1 is 1.17 bits per heavy atom. The van der Waals surface area contributed by atoms with Crippen molar-refractivity contribution < 1.29 is 10.2 Å². The van der Waals surface area contributed by atoms with Gasteiger partial charge in [-0.3, -0.25) is 4.99 Å².